The van der Waals surface area contributed by atoms with E-state index in [1.165, 1.54) is 13.0 Å². The zero-order valence-electron chi connectivity index (χ0n) is 22.9. The van der Waals surface area contributed by atoms with Gasteiger partial charge in [0.25, 0.3) is 11.8 Å². The fourth-order valence-electron chi connectivity index (χ4n) is 5.07. The molecule has 3 rings (SSSR count). The zero-order chi connectivity index (χ0) is 29.9. The Bertz CT molecular complexity index is 1240. The molecule has 1 aliphatic carbocycles. The Morgan fingerprint density at radius 3 is 2.27 bits per heavy atom. The predicted octanol–water partition coefficient (Wildman–Crippen LogP) is 6.19. The molecule has 7 nitrogen and oxygen atoms in total. The predicted molar refractivity (Wildman–Crippen MR) is 140 cm³/mol. The fraction of sp³-hybridized carbons (Fsp3) is 0.483. The van der Waals surface area contributed by atoms with E-state index in [0.29, 0.717) is 22.3 Å². The molecule has 1 saturated carbocycles. The Balaban J connectivity index is 1.94. The number of hydrogen-bond acceptors (Lipinski definition) is 4. The Hall–Kier alpha value is -3.63. The van der Waals surface area contributed by atoms with Crippen LogP contribution in [0.5, 0.6) is 5.75 Å². The van der Waals surface area contributed by atoms with Crippen molar-refractivity contribution in [2.24, 2.45) is 0 Å². The molecular weight excluding hydrogens is 532 g/mol. The number of amides is 2. The van der Waals surface area contributed by atoms with Gasteiger partial charge in [-0.1, -0.05) is 36.4 Å². The highest BCUT2D eigenvalue weighted by molar-refractivity contribution is 5.97. The molecule has 1 aliphatic rings. The van der Waals surface area contributed by atoms with Crippen LogP contribution in [0.25, 0.3) is 0 Å². The second-order valence-corrected chi connectivity index (χ2v) is 10.3. The summed E-state index contributed by atoms with van der Waals surface area (Å²) in [4.78, 5) is 38.4. The van der Waals surface area contributed by atoms with Gasteiger partial charge in [-0.25, -0.2) is 27.2 Å². The van der Waals surface area contributed by atoms with Crippen molar-refractivity contribution in [3.63, 3.8) is 0 Å². The molecule has 1 atom stereocenters. The lowest BCUT2D eigenvalue weighted by molar-refractivity contribution is -0.175. The number of ether oxygens (including phenoxy) is 1. The summed E-state index contributed by atoms with van der Waals surface area (Å²) in [6, 6.07) is 9.21. The molecule has 0 saturated heterocycles. The Kier molecular flexibility index (Phi) is 9.16. The molecule has 1 fully saturated rings. The molecule has 218 valence electrons. The van der Waals surface area contributed by atoms with E-state index in [9.17, 15) is 28.3 Å². The van der Waals surface area contributed by atoms with Gasteiger partial charge in [0.15, 0.2) is 11.3 Å². The second-order valence-electron chi connectivity index (χ2n) is 10.3. The van der Waals surface area contributed by atoms with E-state index in [4.69, 9.17) is 4.74 Å². The maximum absolute atomic E-state index is 15.0. The number of nitrogens with one attached hydrogen (secondary N) is 1. The van der Waals surface area contributed by atoms with Crippen molar-refractivity contribution in [2.75, 3.05) is 13.2 Å². The first-order valence-electron chi connectivity index (χ1n) is 13.0. The van der Waals surface area contributed by atoms with Gasteiger partial charge in [-0.05, 0) is 50.5 Å². The minimum Gasteiger partial charge on any atom is -0.493 e. The van der Waals surface area contributed by atoms with Gasteiger partial charge in [0.2, 0.25) is 0 Å². The number of urea groups is 1. The van der Waals surface area contributed by atoms with Crippen LogP contribution < -0.4 is 10.1 Å². The lowest BCUT2D eigenvalue weighted by Crippen LogP contribution is -2.68. The number of carboxylic acids is 1. The average molecular weight is 567 g/mol. The number of alkyl halides is 4. The first-order valence-corrected chi connectivity index (χ1v) is 13.0. The number of Topliss-reactive ketones (excluding diaryl/α,β-unsaturated/α-hetero) is 1. The van der Waals surface area contributed by atoms with Gasteiger partial charge in [0, 0.05) is 32.2 Å². The maximum atomic E-state index is 15.0. The number of nitrogens with zero attached hydrogens (tertiary/aromatic N) is 1. The summed E-state index contributed by atoms with van der Waals surface area (Å²) >= 11 is 0. The summed E-state index contributed by atoms with van der Waals surface area (Å²) in [5.74, 6) is -8.09. The van der Waals surface area contributed by atoms with Gasteiger partial charge < -0.3 is 20.1 Å². The summed E-state index contributed by atoms with van der Waals surface area (Å²) in [5.41, 5.74) is -0.538. The first-order chi connectivity index (χ1) is 18.6. The van der Waals surface area contributed by atoms with Crippen LogP contribution in [0.2, 0.25) is 0 Å². The molecule has 40 heavy (non-hydrogen) atoms. The molecule has 2 amide bonds. The standard InChI is InChI=1S/C29H34F4N2O5/c1-5-40-24-18(2)22(11-12-23(24)20(4)36)19(3)35(14-13-28(30,31)15-21-9-7-6-8-10-21)26(39)34-27(25(37)38)16-29(32,33)17-27/h6-12,19H,5,13-17H2,1-4H3,(H,34,39)(H,37,38)/t19-/m1/s1. The molecule has 0 heterocycles. The monoisotopic (exact) mass is 566 g/mol. The average Bonchev–Trinajstić information content (AvgIpc) is 2.84. The van der Waals surface area contributed by atoms with Crippen LogP contribution >= 0.6 is 0 Å². The smallest absolute Gasteiger partial charge is 0.329 e. The van der Waals surface area contributed by atoms with Crippen LogP contribution in [-0.2, 0) is 11.2 Å². The number of carbonyl (C=O) groups is 3. The summed E-state index contributed by atoms with van der Waals surface area (Å²) in [5, 5.41) is 11.8. The van der Waals surface area contributed by atoms with E-state index in [1.54, 1.807) is 57.2 Å². The van der Waals surface area contributed by atoms with E-state index >= 15 is 8.78 Å². The quantitative estimate of drug-likeness (QED) is 0.236. The number of halogens is 4. The summed E-state index contributed by atoms with van der Waals surface area (Å²) < 4.78 is 63.1. The minimum absolute atomic E-state index is 0.240. The number of rotatable bonds is 12. The van der Waals surface area contributed by atoms with Gasteiger partial charge in [0.1, 0.15) is 5.75 Å². The molecule has 2 aromatic rings. The lowest BCUT2D eigenvalue weighted by atomic mass is 9.73. The highest BCUT2D eigenvalue weighted by Gasteiger charge is 2.62. The number of benzene rings is 2. The zero-order valence-corrected chi connectivity index (χ0v) is 22.9. The maximum Gasteiger partial charge on any atom is 0.329 e. The van der Waals surface area contributed by atoms with Crippen molar-refractivity contribution in [3.8, 4) is 5.75 Å². The Labute approximate surface area is 230 Å². The summed E-state index contributed by atoms with van der Waals surface area (Å²) in [6.45, 7) is 6.06. The van der Waals surface area contributed by atoms with Crippen molar-refractivity contribution >= 4 is 17.8 Å². The number of hydrogen-bond donors (Lipinski definition) is 2. The van der Waals surface area contributed by atoms with Gasteiger partial charge in [0.05, 0.1) is 18.2 Å². The molecule has 0 aromatic heterocycles. The van der Waals surface area contributed by atoms with Crippen LogP contribution in [0.3, 0.4) is 0 Å². The molecule has 0 unspecified atom stereocenters. The molecule has 0 spiro atoms. The lowest BCUT2D eigenvalue weighted by Gasteiger charge is -2.45. The Morgan fingerprint density at radius 1 is 1.12 bits per heavy atom. The van der Waals surface area contributed by atoms with Crippen molar-refractivity contribution in [1.29, 1.82) is 0 Å². The first kappa shape index (κ1) is 30.9. The second kappa shape index (κ2) is 11.9. The number of ketones is 1. The van der Waals surface area contributed by atoms with E-state index in [1.807, 2.05) is 0 Å². The highest BCUT2D eigenvalue weighted by Crippen LogP contribution is 2.46. The van der Waals surface area contributed by atoms with Gasteiger partial charge in [-0.15, -0.1) is 0 Å². The third-order valence-corrected chi connectivity index (χ3v) is 7.19. The minimum atomic E-state index is -3.27. The largest absolute Gasteiger partial charge is 0.493 e. The molecule has 2 aromatic carbocycles. The van der Waals surface area contributed by atoms with Crippen LogP contribution in [0.4, 0.5) is 22.4 Å². The van der Waals surface area contributed by atoms with Gasteiger partial charge in [-0.3, -0.25) is 4.79 Å². The molecule has 11 heteroatoms. The van der Waals surface area contributed by atoms with Crippen LogP contribution in [0.15, 0.2) is 42.5 Å². The highest BCUT2D eigenvalue weighted by atomic mass is 19.3. The van der Waals surface area contributed by atoms with Crippen LogP contribution in [0, 0.1) is 6.92 Å². The van der Waals surface area contributed by atoms with Crippen molar-refractivity contribution in [3.05, 3.63) is 64.7 Å². The topological polar surface area (TPSA) is 95.9 Å². The summed E-state index contributed by atoms with van der Waals surface area (Å²) in [7, 11) is 0. The molecule has 0 aliphatic heterocycles. The molecule has 2 N–H and O–H groups in total. The van der Waals surface area contributed by atoms with E-state index in [0.717, 1.165) is 4.90 Å². The van der Waals surface area contributed by atoms with Crippen molar-refractivity contribution < 1.29 is 41.8 Å². The van der Waals surface area contributed by atoms with Gasteiger partial charge in [-0.2, -0.15) is 0 Å². The molecule has 0 bridgehead atoms. The van der Waals surface area contributed by atoms with Crippen molar-refractivity contribution in [2.45, 2.75) is 76.8 Å². The van der Waals surface area contributed by atoms with Crippen LogP contribution in [0.1, 0.15) is 73.1 Å². The third kappa shape index (κ3) is 6.92. The number of carboxylic acid groups (broad SMARTS) is 1. The number of aliphatic carboxylic acids is 1. The Morgan fingerprint density at radius 2 is 1.75 bits per heavy atom. The van der Waals surface area contributed by atoms with E-state index < -0.39 is 67.7 Å². The summed E-state index contributed by atoms with van der Waals surface area (Å²) in [6.07, 6.45) is -3.55. The molecule has 0 radical (unpaired) electrons. The van der Waals surface area contributed by atoms with Gasteiger partial charge >= 0.3 is 12.0 Å². The van der Waals surface area contributed by atoms with E-state index in [-0.39, 0.29) is 18.1 Å². The normalized spacial score (nSPS) is 16.4. The van der Waals surface area contributed by atoms with Crippen LogP contribution in [-0.4, -0.2) is 58.3 Å². The SMILES string of the molecule is CCOc1c(C(C)=O)ccc([C@@H](C)N(CCC(F)(F)Cc2ccccc2)C(=O)NC2(C(=O)O)CC(F)(F)C2)c1C. The third-order valence-electron chi connectivity index (χ3n) is 7.19. The fourth-order valence-corrected chi connectivity index (χ4v) is 5.07. The number of carbonyl (C=O) groups excluding carboxylic acids is 2. The van der Waals surface area contributed by atoms with E-state index in [2.05, 4.69) is 5.32 Å². The molecular formula is C29H34F4N2O5. The van der Waals surface area contributed by atoms with Crippen molar-refractivity contribution in [1.82, 2.24) is 10.2 Å².